The maximum absolute atomic E-state index is 13.0. The molecule has 0 radical (unpaired) electrons. The number of nitrogens with zero attached hydrogens (tertiary/aromatic N) is 2. The summed E-state index contributed by atoms with van der Waals surface area (Å²) >= 11 is 1.61. The fraction of sp³-hybridized carbons (Fsp3) is 0.368. The van der Waals surface area contributed by atoms with Crippen molar-refractivity contribution in [1.29, 1.82) is 0 Å². The molecule has 0 unspecified atom stereocenters. The molecule has 3 heterocycles. The maximum Gasteiger partial charge on any atom is 0.264 e. The van der Waals surface area contributed by atoms with Gasteiger partial charge in [0.25, 0.3) is 5.91 Å². The Morgan fingerprint density at radius 3 is 3.00 bits per heavy atom. The van der Waals surface area contributed by atoms with Crippen LogP contribution in [0.4, 0.5) is 0 Å². The van der Waals surface area contributed by atoms with E-state index in [4.69, 9.17) is 4.98 Å². The summed E-state index contributed by atoms with van der Waals surface area (Å²) in [6.45, 7) is 5.04. The highest BCUT2D eigenvalue weighted by Gasteiger charge is 2.33. The molecule has 1 fully saturated rings. The second-order valence-corrected chi connectivity index (χ2v) is 7.60. The van der Waals surface area contributed by atoms with E-state index in [1.54, 1.807) is 11.3 Å². The average Bonchev–Trinajstić information content (AvgIpc) is 3.30. The second-order valence-electron chi connectivity index (χ2n) is 6.34. The lowest BCUT2D eigenvalue weighted by atomic mass is 10.2. The first-order valence-corrected chi connectivity index (χ1v) is 9.34. The first-order chi connectivity index (χ1) is 11.7. The van der Waals surface area contributed by atoms with Crippen LogP contribution < -0.4 is 0 Å². The molecule has 1 aromatic carbocycles. The summed E-state index contributed by atoms with van der Waals surface area (Å²) in [4.78, 5) is 25.2. The van der Waals surface area contributed by atoms with E-state index < -0.39 is 0 Å². The zero-order valence-corrected chi connectivity index (χ0v) is 14.8. The third-order valence-electron chi connectivity index (χ3n) is 4.85. The maximum atomic E-state index is 13.0. The van der Waals surface area contributed by atoms with Crippen molar-refractivity contribution >= 4 is 28.3 Å². The zero-order chi connectivity index (χ0) is 16.7. The molecular formula is C19H21N3OS. The van der Waals surface area contributed by atoms with E-state index in [2.05, 4.69) is 24.9 Å². The number of thiophene rings is 1. The smallest absolute Gasteiger partial charge is 0.264 e. The lowest BCUT2D eigenvalue weighted by Gasteiger charge is -2.22. The summed E-state index contributed by atoms with van der Waals surface area (Å²) < 4.78 is 0. The third kappa shape index (κ3) is 2.53. The molecule has 0 saturated carbocycles. The van der Waals surface area contributed by atoms with Crippen molar-refractivity contribution in [2.45, 2.75) is 39.2 Å². The number of carbonyl (C=O) groups excluding carboxylic acids is 1. The fourth-order valence-corrected chi connectivity index (χ4v) is 4.61. The number of fused-ring (bicyclic) bond motifs is 1. The number of hydrogen-bond acceptors (Lipinski definition) is 3. The first kappa shape index (κ1) is 15.4. The Morgan fingerprint density at radius 2 is 2.25 bits per heavy atom. The van der Waals surface area contributed by atoms with Crippen LogP contribution in [0, 0.1) is 6.92 Å². The van der Waals surface area contributed by atoms with Crippen molar-refractivity contribution in [3.63, 3.8) is 0 Å². The molecule has 5 heteroatoms. The number of nitrogens with one attached hydrogen (secondary N) is 1. The number of H-pyrrole nitrogens is 1. The Bertz CT molecular complexity index is 862. The van der Waals surface area contributed by atoms with E-state index in [0.29, 0.717) is 0 Å². The van der Waals surface area contributed by atoms with Crippen molar-refractivity contribution in [3.8, 4) is 0 Å². The third-order valence-corrected chi connectivity index (χ3v) is 5.93. The zero-order valence-electron chi connectivity index (χ0n) is 14.0. The number of rotatable bonds is 3. The number of aromatic nitrogens is 2. The number of likely N-dealkylation sites (tertiary alicyclic amines) is 1. The van der Waals surface area contributed by atoms with Crippen LogP contribution in [0.2, 0.25) is 0 Å². The van der Waals surface area contributed by atoms with Gasteiger partial charge in [-0.15, -0.1) is 11.3 Å². The molecule has 1 saturated heterocycles. The van der Waals surface area contributed by atoms with Crippen molar-refractivity contribution < 1.29 is 4.79 Å². The van der Waals surface area contributed by atoms with Crippen LogP contribution in [-0.4, -0.2) is 27.3 Å². The highest BCUT2D eigenvalue weighted by Crippen LogP contribution is 2.34. The fourth-order valence-electron chi connectivity index (χ4n) is 3.54. The summed E-state index contributed by atoms with van der Waals surface area (Å²) in [5.74, 6) is 1.05. The van der Waals surface area contributed by atoms with Crippen molar-refractivity contribution in [2.24, 2.45) is 0 Å². The normalized spacial score (nSPS) is 17.8. The standard InChI is InChI=1S/C19H21N3OS/c1-3-13-11-17(24-12(13)2)19(23)22-10-6-9-16(22)18-20-14-7-4-5-8-15(14)21-18/h4-5,7-8,11,16H,3,6,9-10H2,1-2H3,(H,20,21)/t16-/m0/s1. The van der Waals surface area contributed by atoms with Gasteiger partial charge in [0.1, 0.15) is 5.82 Å². The molecule has 1 aliphatic rings. The molecule has 124 valence electrons. The number of para-hydroxylation sites is 2. The molecule has 1 atom stereocenters. The van der Waals surface area contributed by atoms with Gasteiger partial charge < -0.3 is 9.88 Å². The van der Waals surface area contributed by atoms with E-state index >= 15 is 0 Å². The van der Waals surface area contributed by atoms with Crippen LogP contribution in [-0.2, 0) is 6.42 Å². The quantitative estimate of drug-likeness (QED) is 0.765. The van der Waals surface area contributed by atoms with E-state index in [1.165, 1.54) is 10.4 Å². The van der Waals surface area contributed by atoms with E-state index in [1.807, 2.05) is 29.2 Å². The van der Waals surface area contributed by atoms with Crippen LogP contribution >= 0.6 is 11.3 Å². The average molecular weight is 339 g/mol. The SMILES string of the molecule is CCc1cc(C(=O)N2CCC[C@H]2c2nc3ccccc3[nH]2)sc1C. The predicted octanol–water partition coefficient (Wildman–Crippen LogP) is 4.47. The van der Waals surface area contributed by atoms with Gasteiger partial charge in [0.05, 0.1) is 22.0 Å². The van der Waals surface area contributed by atoms with Gasteiger partial charge in [-0.3, -0.25) is 4.79 Å². The van der Waals surface area contributed by atoms with Gasteiger partial charge in [-0.2, -0.15) is 0 Å². The second kappa shape index (κ2) is 6.06. The lowest BCUT2D eigenvalue weighted by Crippen LogP contribution is -2.30. The Hall–Kier alpha value is -2.14. The molecule has 0 spiro atoms. The minimum Gasteiger partial charge on any atom is -0.340 e. The number of aryl methyl sites for hydroxylation is 2. The summed E-state index contributed by atoms with van der Waals surface area (Å²) in [5.41, 5.74) is 3.28. The minimum absolute atomic E-state index is 0.0531. The van der Waals surface area contributed by atoms with Crippen LogP contribution in [0.5, 0.6) is 0 Å². The summed E-state index contributed by atoms with van der Waals surface area (Å²) in [6, 6.07) is 10.2. The van der Waals surface area contributed by atoms with Crippen LogP contribution in [0.15, 0.2) is 30.3 Å². The van der Waals surface area contributed by atoms with Crippen molar-refractivity contribution in [2.75, 3.05) is 6.54 Å². The summed E-state index contributed by atoms with van der Waals surface area (Å²) in [7, 11) is 0. The Labute approximate surface area is 145 Å². The molecule has 24 heavy (non-hydrogen) atoms. The van der Waals surface area contributed by atoms with E-state index in [-0.39, 0.29) is 11.9 Å². The topological polar surface area (TPSA) is 49.0 Å². The van der Waals surface area contributed by atoms with Crippen LogP contribution in [0.25, 0.3) is 11.0 Å². The Kier molecular flexibility index (Phi) is 3.88. The number of benzene rings is 1. The summed E-state index contributed by atoms with van der Waals surface area (Å²) in [6.07, 6.45) is 2.97. The Morgan fingerprint density at radius 1 is 1.42 bits per heavy atom. The largest absolute Gasteiger partial charge is 0.340 e. The van der Waals surface area contributed by atoms with Crippen molar-refractivity contribution in [3.05, 3.63) is 51.5 Å². The molecule has 1 amide bonds. The molecule has 2 aromatic heterocycles. The molecular weight excluding hydrogens is 318 g/mol. The molecule has 1 N–H and O–H groups in total. The summed E-state index contributed by atoms with van der Waals surface area (Å²) in [5, 5.41) is 0. The van der Waals surface area contributed by atoms with Gasteiger partial charge >= 0.3 is 0 Å². The molecule has 3 aromatic rings. The predicted molar refractivity (Wildman–Crippen MR) is 97.5 cm³/mol. The lowest BCUT2D eigenvalue weighted by molar-refractivity contribution is 0.0735. The molecule has 0 bridgehead atoms. The minimum atomic E-state index is 0.0531. The van der Waals surface area contributed by atoms with E-state index in [0.717, 1.165) is 47.5 Å². The first-order valence-electron chi connectivity index (χ1n) is 8.52. The van der Waals surface area contributed by atoms with E-state index in [9.17, 15) is 4.79 Å². The van der Waals surface area contributed by atoms with Crippen molar-refractivity contribution in [1.82, 2.24) is 14.9 Å². The number of amides is 1. The van der Waals surface area contributed by atoms with Crippen LogP contribution in [0.1, 0.15) is 51.7 Å². The monoisotopic (exact) mass is 339 g/mol. The van der Waals surface area contributed by atoms with Gasteiger partial charge in [-0.25, -0.2) is 4.98 Å². The Balaban J connectivity index is 1.65. The molecule has 1 aliphatic heterocycles. The molecule has 0 aliphatic carbocycles. The van der Waals surface area contributed by atoms with Gasteiger partial charge in [0, 0.05) is 11.4 Å². The molecule has 4 nitrogen and oxygen atoms in total. The van der Waals surface area contributed by atoms with Gasteiger partial charge in [0.15, 0.2) is 0 Å². The van der Waals surface area contributed by atoms with Gasteiger partial charge in [0.2, 0.25) is 0 Å². The van der Waals surface area contributed by atoms with Gasteiger partial charge in [-0.1, -0.05) is 19.1 Å². The van der Waals surface area contributed by atoms with Crippen LogP contribution in [0.3, 0.4) is 0 Å². The number of carbonyl (C=O) groups is 1. The number of imidazole rings is 1. The number of hydrogen-bond donors (Lipinski definition) is 1. The highest BCUT2D eigenvalue weighted by molar-refractivity contribution is 7.14. The highest BCUT2D eigenvalue weighted by atomic mass is 32.1. The molecule has 4 rings (SSSR count). The number of aromatic amines is 1. The van der Waals surface area contributed by atoms with Gasteiger partial charge in [-0.05, 0) is 49.9 Å².